The number of rotatable bonds is 3. The summed E-state index contributed by atoms with van der Waals surface area (Å²) in [5, 5.41) is 7.01. The minimum Gasteiger partial charge on any atom is -0.323 e. The van der Waals surface area contributed by atoms with Crippen LogP contribution in [0.25, 0.3) is 5.69 Å². The van der Waals surface area contributed by atoms with Crippen molar-refractivity contribution in [2.24, 2.45) is 0 Å². The Morgan fingerprint density at radius 3 is 2.68 bits per heavy atom. The van der Waals surface area contributed by atoms with Crippen LogP contribution >= 0.6 is 0 Å². The van der Waals surface area contributed by atoms with Gasteiger partial charge in [-0.2, -0.15) is 5.10 Å². The lowest BCUT2D eigenvalue weighted by Crippen LogP contribution is -2.36. The third-order valence-electron chi connectivity index (χ3n) is 3.98. The Morgan fingerprint density at radius 2 is 2.09 bits per heavy atom. The zero-order valence-corrected chi connectivity index (χ0v) is 12.8. The molecule has 1 fully saturated rings. The highest BCUT2D eigenvalue weighted by Crippen LogP contribution is 2.16. The first kappa shape index (κ1) is 14.5. The maximum Gasteiger partial charge on any atom is 0.321 e. The molecular formula is C15H20N6O. The van der Waals surface area contributed by atoms with Crippen molar-refractivity contribution in [3.63, 3.8) is 0 Å². The number of carbonyl (C=O) groups excluding carboxylic acids is 1. The second kappa shape index (κ2) is 6.15. The Balaban J connectivity index is 1.60. The number of aromatic nitrogens is 3. The van der Waals surface area contributed by atoms with Crippen LogP contribution in [0, 0.1) is 0 Å². The number of likely N-dealkylation sites (N-methyl/N-ethyl adjacent to an activating group) is 1. The summed E-state index contributed by atoms with van der Waals surface area (Å²) >= 11 is 0. The number of urea groups is 1. The normalized spacial score (nSPS) is 18.0. The molecule has 1 aromatic carbocycles. The number of hydrogen-bond acceptors (Lipinski definition) is 4. The Bertz CT molecular complexity index is 622. The topological polar surface area (TPSA) is 66.3 Å². The summed E-state index contributed by atoms with van der Waals surface area (Å²) in [6.07, 6.45) is 4.15. The molecular weight excluding hydrogens is 280 g/mol. The quantitative estimate of drug-likeness (QED) is 0.931. The molecule has 3 rings (SSSR count). The van der Waals surface area contributed by atoms with Crippen molar-refractivity contribution in [2.45, 2.75) is 12.5 Å². The van der Waals surface area contributed by atoms with Crippen molar-refractivity contribution in [1.29, 1.82) is 0 Å². The highest BCUT2D eigenvalue weighted by atomic mass is 16.2. The average molecular weight is 300 g/mol. The van der Waals surface area contributed by atoms with E-state index in [4.69, 9.17) is 0 Å². The minimum absolute atomic E-state index is 0.0437. The molecule has 1 aliphatic heterocycles. The van der Waals surface area contributed by atoms with E-state index in [1.807, 2.05) is 29.2 Å². The molecule has 2 aromatic rings. The monoisotopic (exact) mass is 300 g/mol. The Labute approximate surface area is 129 Å². The van der Waals surface area contributed by atoms with E-state index in [1.165, 1.54) is 6.33 Å². The van der Waals surface area contributed by atoms with Gasteiger partial charge in [0.2, 0.25) is 0 Å². The molecule has 0 bridgehead atoms. The molecule has 0 radical (unpaired) electrons. The summed E-state index contributed by atoms with van der Waals surface area (Å²) in [5.74, 6) is 0. The number of likely N-dealkylation sites (tertiary alicyclic amines) is 1. The van der Waals surface area contributed by atoms with E-state index in [1.54, 1.807) is 11.0 Å². The van der Waals surface area contributed by atoms with E-state index in [0.29, 0.717) is 6.04 Å². The molecule has 0 aliphatic carbocycles. The molecule has 0 spiro atoms. The predicted octanol–water partition coefficient (Wildman–Crippen LogP) is 1.44. The number of nitrogens with one attached hydrogen (secondary N) is 1. The van der Waals surface area contributed by atoms with Gasteiger partial charge in [0, 0.05) is 24.8 Å². The largest absolute Gasteiger partial charge is 0.323 e. The third kappa shape index (κ3) is 3.09. The molecule has 1 aliphatic rings. The SMILES string of the molecule is CN(C)[C@@H]1CCN(C(=O)Nc2ccc(-n3cncn3)cc2)C1. The van der Waals surface area contributed by atoms with Gasteiger partial charge in [-0.1, -0.05) is 0 Å². The molecule has 1 aromatic heterocycles. The molecule has 1 saturated heterocycles. The maximum absolute atomic E-state index is 12.3. The van der Waals surface area contributed by atoms with Crippen LogP contribution < -0.4 is 5.32 Å². The number of anilines is 1. The number of nitrogens with zero attached hydrogens (tertiary/aromatic N) is 5. The van der Waals surface area contributed by atoms with Crippen LogP contribution in [0.2, 0.25) is 0 Å². The summed E-state index contributed by atoms with van der Waals surface area (Å²) in [4.78, 5) is 20.2. The standard InChI is InChI=1S/C15H20N6O/c1-19(2)14-7-8-20(9-14)15(22)18-12-3-5-13(6-4-12)21-11-16-10-17-21/h3-6,10-11,14H,7-9H2,1-2H3,(H,18,22)/t14-/m1/s1. The molecule has 0 saturated carbocycles. The van der Waals surface area contributed by atoms with E-state index in [-0.39, 0.29) is 6.03 Å². The van der Waals surface area contributed by atoms with E-state index >= 15 is 0 Å². The van der Waals surface area contributed by atoms with Gasteiger partial charge in [-0.3, -0.25) is 0 Å². The van der Waals surface area contributed by atoms with Crippen LogP contribution in [0.5, 0.6) is 0 Å². The lowest BCUT2D eigenvalue weighted by molar-refractivity contribution is 0.216. The van der Waals surface area contributed by atoms with E-state index in [2.05, 4.69) is 34.4 Å². The second-order valence-corrected chi connectivity index (χ2v) is 5.67. The molecule has 1 N–H and O–H groups in total. The van der Waals surface area contributed by atoms with Crippen LogP contribution in [-0.2, 0) is 0 Å². The van der Waals surface area contributed by atoms with Crippen LogP contribution in [0.15, 0.2) is 36.9 Å². The van der Waals surface area contributed by atoms with Gasteiger partial charge >= 0.3 is 6.03 Å². The van der Waals surface area contributed by atoms with E-state index in [9.17, 15) is 4.79 Å². The van der Waals surface area contributed by atoms with Crippen LogP contribution in [0.1, 0.15) is 6.42 Å². The van der Waals surface area contributed by atoms with Crippen LogP contribution in [0.4, 0.5) is 10.5 Å². The van der Waals surface area contributed by atoms with Crippen molar-refractivity contribution in [2.75, 3.05) is 32.5 Å². The molecule has 116 valence electrons. The van der Waals surface area contributed by atoms with Crippen molar-refractivity contribution < 1.29 is 4.79 Å². The second-order valence-electron chi connectivity index (χ2n) is 5.67. The molecule has 2 heterocycles. The number of amides is 2. The average Bonchev–Trinajstić information content (AvgIpc) is 3.20. The fourth-order valence-electron chi connectivity index (χ4n) is 2.59. The zero-order valence-electron chi connectivity index (χ0n) is 12.8. The number of hydrogen-bond donors (Lipinski definition) is 1. The molecule has 0 unspecified atom stereocenters. The van der Waals surface area contributed by atoms with Gasteiger partial charge < -0.3 is 15.1 Å². The van der Waals surface area contributed by atoms with Gasteiger partial charge in [0.1, 0.15) is 12.7 Å². The molecule has 7 nitrogen and oxygen atoms in total. The summed E-state index contributed by atoms with van der Waals surface area (Å²) in [6.45, 7) is 1.57. The van der Waals surface area contributed by atoms with E-state index < -0.39 is 0 Å². The predicted molar refractivity (Wildman–Crippen MR) is 84.0 cm³/mol. The first-order valence-electron chi connectivity index (χ1n) is 7.31. The number of carbonyl (C=O) groups is 1. The summed E-state index contributed by atoms with van der Waals surface area (Å²) in [7, 11) is 4.10. The highest BCUT2D eigenvalue weighted by molar-refractivity contribution is 5.89. The lowest BCUT2D eigenvalue weighted by Gasteiger charge is -2.20. The fourth-order valence-corrected chi connectivity index (χ4v) is 2.59. The molecule has 7 heteroatoms. The lowest BCUT2D eigenvalue weighted by atomic mass is 10.2. The molecule has 22 heavy (non-hydrogen) atoms. The van der Waals surface area contributed by atoms with Gasteiger partial charge in [-0.25, -0.2) is 14.5 Å². The summed E-state index contributed by atoms with van der Waals surface area (Å²) < 4.78 is 1.67. The first-order chi connectivity index (χ1) is 10.6. The van der Waals surface area contributed by atoms with Crippen LogP contribution in [0.3, 0.4) is 0 Å². The van der Waals surface area contributed by atoms with Gasteiger partial charge in [0.15, 0.2) is 0 Å². The van der Waals surface area contributed by atoms with Gasteiger partial charge in [0.25, 0.3) is 0 Å². The van der Waals surface area contributed by atoms with Crippen molar-refractivity contribution in [1.82, 2.24) is 24.6 Å². The Hall–Kier alpha value is -2.41. The molecule has 2 amide bonds. The van der Waals surface area contributed by atoms with Crippen molar-refractivity contribution in [3.05, 3.63) is 36.9 Å². The maximum atomic E-state index is 12.3. The number of benzene rings is 1. The summed E-state index contributed by atoms with van der Waals surface area (Å²) in [6, 6.07) is 7.94. The fraction of sp³-hybridized carbons (Fsp3) is 0.400. The molecule has 1 atom stereocenters. The van der Waals surface area contributed by atoms with Gasteiger partial charge in [0.05, 0.1) is 5.69 Å². The zero-order chi connectivity index (χ0) is 15.5. The van der Waals surface area contributed by atoms with Crippen molar-refractivity contribution >= 4 is 11.7 Å². The summed E-state index contributed by atoms with van der Waals surface area (Å²) in [5.41, 5.74) is 1.69. The van der Waals surface area contributed by atoms with E-state index in [0.717, 1.165) is 30.9 Å². The highest BCUT2D eigenvalue weighted by Gasteiger charge is 2.27. The van der Waals surface area contributed by atoms with Crippen molar-refractivity contribution in [3.8, 4) is 5.69 Å². The Kier molecular flexibility index (Phi) is 4.06. The van der Waals surface area contributed by atoms with Gasteiger partial charge in [-0.15, -0.1) is 0 Å². The minimum atomic E-state index is -0.0437. The van der Waals surface area contributed by atoms with Gasteiger partial charge in [-0.05, 0) is 44.8 Å². The third-order valence-corrected chi connectivity index (χ3v) is 3.98. The smallest absolute Gasteiger partial charge is 0.321 e. The first-order valence-corrected chi connectivity index (χ1v) is 7.31. The Morgan fingerprint density at radius 1 is 1.32 bits per heavy atom. The van der Waals surface area contributed by atoms with Crippen LogP contribution in [-0.4, -0.2) is 63.8 Å².